The fraction of sp³-hybridized carbons (Fsp3) is 0.238. The van der Waals surface area contributed by atoms with Crippen molar-refractivity contribution in [3.63, 3.8) is 0 Å². The van der Waals surface area contributed by atoms with Crippen LogP contribution >= 0.6 is 23.2 Å². The summed E-state index contributed by atoms with van der Waals surface area (Å²) in [7, 11) is 0. The Bertz CT molecular complexity index is 1680. The van der Waals surface area contributed by atoms with E-state index in [4.69, 9.17) is 23.2 Å². The van der Waals surface area contributed by atoms with Gasteiger partial charge in [-0.2, -0.15) is 0 Å². The Hall–Kier alpha value is -3.58. The molecule has 3 aliphatic carbocycles. The van der Waals surface area contributed by atoms with Crippen LogP contribution in [-0.2, 0) is 0 Å². The standard InChI is InChI=1S/C42H38Cl2/c1-41(26-34(30-14-6-2-7-15-30)22-23-36(41)31-16-8-3-9-17-31)39(28-43)35-27-42(40(35)29-44)37(32-18-10-4-11-19-32)24-25-38(42)33-20-12-5-13-21-33/h2-25,35,39-40H,26-29H2,1H3. The summed E-state index contributed by atoms with van der Waals surface area (Å²) in [6.07, 6.45) is 11.4. The van der Waals surface area contributed by atoms with Gasteiger partial charge in [-0.05, 0) is 75.1 Å². The van der Waals surface area contributed by atoms with Crippen molar-refractivity contribution in [1.29, 1.82) is 0 Å². The molecule has 1 spiro atoms. The molecule has 3 aliphatic rings. The lowest BCUT2D eigenvalue weighted by Crippen LogP contribution is -2.55. The maximum Gasteiger partial charge on any atom is 0.0266 e. The van der Waals surface area contributed by atoms with Crippen LogP contribution in [0.3, 0.4) is 0 Å². The molecule has 4 aromatic carbocycles. The largest absolute Gasteiger partial charge is 0.126 e. The van der Waals surface area contributed by atoms with Crippen LogP contribution in [0.1, 0.15) is 42.0 Å². The SMILES string of the molecule is CC1(C(CCl)C2CC3(C(c4ccccc4)=CC=C3c3ccccc3)C2CCl)CC(c2ccccc2)=CC=C1c1ccccc1. The van der Waals surface area contributed by atoms with Crippen molar-refractivity contribution in [2.75, 3.05) is 11.8 Å². The summed E-state index contributed by atoms with van der Waals surface area (Å²) in [5, 5.41) is 0. The molecule has 7 rings (SSSR count). The van der Waals surface area contributed by atoms with Crippen LogP contribution in [0.25, 0.3) is 22.3 Å². The fourth-order valence-corrected chi connectivity index (χ4v) is 9.68. The van der Waals surface area contributed by atoms with Crippen LogP contribution in [0.4, 0.5) is 0 Å². The van der Waals surface area contributed by atoms with E-state index >= 15 is 0 Å². The fourth-order valence-electron chi connectivity index (χ4n) is 8.62. The molecule has 4 aromatic rings. The van der Waals surface area contributed by atoms with E-state index in [0.717, 1.165) is 12.8 Å². The first-order chi connectivity index (χ1) is 21.6. The molecule has 0 heterocycles. The highest BCUT2D eigenvalue weighted by molar-refractivity contribution is 6.19. The van der Waals surface area contributed by atoms with Crippen LogP contribution < -0.4 is 0 Å². The van der Waals surface area contributed by atoms with E-state index in [2.05, 4.69) is 153 Å². The zero-order valence-electron chi connectivity index (χ0n) is 25.2. The molecule has 1 fully saturated rings. The van der Waals surface area contributed by atoms with Crippen molar-refractivity contribution in [2.24, 2.45) is 28.6 Å². The molecule has 4 atom stereocenters. The van der Waals surface area contributed by atoms with Crippen LogP contribution in [0.2, 0.25) is 0 Å². The third-order valence-corrected chi connectivity index (χ3v) is 11.4. The van der Waals surface area contributed by atoms with E-state index in [0.29, 0.717) is 17.7 Å². The number of rotatable bonds is 8. The molecule has 2 heteroatoms. The molecule has 4 unspecified atom stereocenters. The van der Waals surface area contributed by atoms with E-state index in [9.17, 15) is 0 Å². The van der Waals surface area contributed by atoms with Crippen molar-refractivity contribution >= 4 is 45.5 Å². The third-order valence-electron chi connectivity index (χ3n) is 10.8. The van der Waals surface area contributed by atoms with Crippen molar-refractivity contribution in [1.82, 2.24) is 0 Å². The van der Waals surface area contributed by atoms with E-state index in [1.807, 2.05) is 0 Å². The molecule has 220 valence electrons. The second kappa shape index (κ2) is 12.1. The van der Waals surface area contributed by atoms with Gasteiger partial charge in [-0.25, -0.2) is 0 Å². The molecule has 0 aliphatic heterocycles. The van der Waals surface area contributed by atoms with Gasteiger partial charge < -0.3 is 0 Å². The lowest BCUT2D eigenvalue weighted by atomic mass is 9.43. The maximum atomic E-state index is 7.15. The summed E-state index contributed by atoms with van der Waals surface area (Å²) >= 11 is 14.3. The first-order valence-corrected chi connectivity index (χ1v) is 16.8. The Kier molecular flexibility index (Phi) is 8.00. The summed E-state index contributed by atoms with van der Waals surface area (Å²) in [6, 6.07) is 43.5. The highest BCUT2D eigenvalue weighted by Crippen LogP contribution is 2.71. The van der Waals surface area contributed by atoms with Crippen molar-refractivity contribution in [3.05, 3.63) is 168 Å². The van der Waals surface area contributed by atoms with Crippen molar-refractivity contribution < 1.29 is 0 Å². The summed E-state index contributed by atoms with van der Waals surface area (Å²) < 4.78 is 0. The number of alkyl halides is 2. The van der Waals surface area contributed by atoms with Crippen LogP contribution in [0.15, 0.2) is 146 Å². The number of hydrogen-bond acceptors (Lipinski definition) is 0. The lowest BCUT2D eigenvalue weighted by molar-refractivity contribution is 0.00191. The number of halogens is 2. The molecule has 0 radical (unpaired) electrons. The van der Waals surface area contributed by atoms with E-state index in [1.54, 1.807) is 0 Å². The Morgan fingerprint density at radius 2 is 1.02 bits per heavy atom. The summed E-state index contributed by atoms with van der Waals surface area (Å²) in [6.45, 7) is 2.46. The van der Waals surface area contributed by atoms with Gasteiger partial charge in [-0.1, -0.05) is 153 Å². The van der Waals surface area contributed by atoms with Gasteiger partial charge in [0.1, 0.15) is 0 Å². The molecule has 44 heavy (non-hydrogen) atoms. The summed E-state index contributed by atoms with van der Waals surface area (Å²) in [5.74, 6) is 2.05. The molecule has 0 nitrogen and oxygen atoms in total. The Morgan fingerprint density at radius 1 is 0.591 bits per heavy atom. The smallest absolute Gasteiger partial charge is 0.0266 e. The van der Waals surface area contributed by atoms with Crippen molar-refractivity contribution in [2.45, 2.75) is 19.8 Å². The van der Waals surface area contributed by atoms with Crippen LogP contribution in [0, 0.1) is 28.6 Å². The predicted molar refractivity (Wildman–Crippen MR) is 189 cm³/mol. The Balaban J connectivity index is 1.31. The van der Waals surface area contributed by atoms with Gasteiger partial charge in [0.25, 0.3) is 0 Å². The molecular formula is C42H38Cl2. The van der Waals surface area contributed by atoms with Crippen LogP contribution in [0.5, 0.6) is 0 Å². The molecule has 0 amide bonds. The maximum absolute atomic E-state index is 7.15. The number of allylic oxidation sites excluding steroid dienone is 8. The predicted octanol–water partition coefficient (Wildman–Crippen LogP) is 11.5. The molecule has 1 saturated carbocycles. The second-order valence-electron chi connectivity index (χ2n) is 12.9. The molecule has 0 saturated heterocycles. The van der Waals surface area contributed by atoms with Gasteiger partial charge in [0.2, 0.25) is 0 Å². The minimum Gasteiger partial charge on any atom is -0.126 e. The van der Waals surface area contributed by atoms with Gasteiger partial charge in [-0.15, -0.1) is 23.2 Å². The van der Waals surface area contributed by atoms with E-state index in [1.165, 1.54) is 44.5 Å². The minimum absolute atomic E-state index is 0.140. The van der Waals surface area contributed by atoms with Gasteiger partial charge in [-0.3, -0.25) is 0 Å². The van der Waals surface area contributed by atoms with E-state index < -0.39 is 0 Å². The van der Waals surface area contributed by atoms with Gasteiger partial charge >= 0.3 is 0 Å². The Labute approximate surface area is 272 Å². The first kappa shape index (κ1) is 29.1. The Morgan fingerprint density at radius 3 is 1.48 bits per heavy atom. The number of hydrogen-bond donors (Lipinski definition) is 0. The quantitative estimate of drug-likeness (QED) is 0.174. The van der Waals surface area contributed by atoms with Gasteiger partial charge in [0.05, 0.1) is 0 Å². The summed E-state index contributed by atoms with van der Waals surface area (Å²) in [5.41, 5.74) is 10.4. The normalized spacial score (nSPS) is 24.5. The molecular weight excluding hydrogens is 575 g/mol. The minimum atomic E-state index is -0.161. The topological polar surface area (TPSA) is 0 Å². The number of benzene rings is 4. The van der Waals surface area contributed by atoms with E-state index in [-0.39, 0.29) is 22.7 Å². The lowest BCUT2D eigenvalue weighted by Gasteiger charge is -2.61. The van der Waals surface area contributed by atoms with Gasteiger partial charge in [0, 0.05) is 22.6 Å². The monoisotopic (exact) mass is 612 g/mol. The zero-order valence-corrected chi connectivity index (χ0v) is 26.7. The average Bonchev–Trinajstić information content (AvgIpc) is 3.48. The van der Waals surface area contributed by atoms with Gasteiger partial charge in [0.15, 0.2) is 0 Å². The molecule has 0 aromatic heterocycles. The molecule has 0 bridgehead atoms. The highest BCUT2D eigenvalue weighted by Gasteiger charge is 2.62. The highest BCUT2D eigenvalue weighted by atomic mass is 35.5. The molecule has 0 N–H and O–H groups in total. The zero-order chi connectivity index (χ0) is 30.1. The van der Waals surface area contributed by atoms with Crippen LogP contribution in [-0.4, -0.2) is 11.8 Å². The van der Waals surface area contributed by atoms with Crippen molar-refractivity contribution in [3.8, 4) is 0 Å². The first-order valence-electron chi connectivity index (χ1n) is 15.8. The second-order valence-corrected chi connectivity index (χ2v) is 13.5. The third kappa shape index (κ3) is 4.75. The average molecular weight is 614 g/mol. The summed E-state index contributed by atoms with van der Waals surface area (Å²) in [4.78, 5) is 0.